The first-order valence-corrected chi connectivity index (χ1v) is 6.22. The van der Waals surface area contributed by atoms with Gasteiger partial charge in [0.15, 0.2) is 0 Å². The number of amides is 2. The van der Waals surface area contributed by atoms with Crippen molar-refractivity contribution in [1.29, 1.82) is 0 Å². The van der Waals surface area contributed by atoms with E-state index >= 15 is 0 Å². The van der Waals surface area contributed by atoms with Crippen LogP contribution < -0.4 is 10.6 Å². The molecule has 2 amide bonds. The molecule has 0 fully saturated rings. The van der Waals surface area contributed by atoms with Crippen molar-refractivity contribution in [3.05, 3.63) is 34.1 Å². The van der Waals surface area contributed by atoms with Crippen molar-refractivity contribution in [2.45, 2.75) is 19.9 Å². The third-order valence-corrected chi connectivity index (χ3v) is 2.71. The standard InChI is InChI=1S/C12H14BrFN2O2/c1-7(2)16-10(17)6-15-12(18)11-8(13)4-3-5-9(11)14/h3-5,7H,6H2,1-2H3,(H,15,18)(H,16,17). The van der Waals surface area contributed by atoms with E-state index in [0.717, 1.165) is 0 Å². The maximum absolute atomic E-state index is 13.4. The largest absolute Gasteiger partial charge is 0.352 e. The zero-order chi connectivity index (χ0) is 13.7. The lowest BCUT2D eigenvalue weighted by atomic mass is 10.2. The second-order valence-corrected chi connectivity index (χ2v) is 4.86. The number of rotatable bonds is 4. The van der Waals surface area contributed by atoms with Crippen molar-refractivity contribution in [3.63, 3.8) is 0 Å². The molecule has 0 saturated carbocycles. The number of hydrogen-bond acceptors (Lipinski definition) is 2. The lowest BCUT2D eigenvalue weighted by molar-refractivity contribution is -0.120. The SMILES string of the molecule is CC(C)NC(=O)CNC(=O)c1c(F)cccc1Br. The molecule has 1 rings (SSSR count). The van der Waals surface area contributed by atoms with Gasteiger partial charge >= 0.3 is 0 Å². The molecule has 1 aromatic rings. The number of carbonyl (C=O) groups is 2. The topological polar surface area (TPSA) is 58.2 Å². The van der Waals surface area contributed by atoms with E-state index < -0.39 is 11.7 Å². The predicted molar refractivity (Wildman–Crippen MR) is 69.7 cm³/mol. The Hall–Kier alpha value is -1.43. The highest BCUT2D eigenvalue weighted by atomic mass is 79.9. The molecule has 18 heavy (non-hydrogen) atoms. The fourth-order valence-corrected chi connectivity index (χ4v) is 1.86. The van der Waals surface area contributed by atoms with Gasteiger partial charge in [-0.1, -0.05) is 6.07 Å². The van der Waals surface area contributed by atoms with Crippen LogP contribution in [0.25, 0.3) is 0 Å². The summed E-state index contributed by atoms with van der Waals surface area (Å²) < 4.78 is 13.8. The van der Waals surface area contributed by atoms with E-state index in [-0.39, 0.29) is 24.1 Å². The second kappa shape index (κ2) is 6.49. The molecule has 0 aliphatic heterocycles. The average Bonchev–Trinajstić information content (AvgIpc) is 2.25. The normalized spacial score (nSPS) is 10.3. The third kappa shape index (κ3) is 4.10. The minimum atomic E-state index is -0.633. The summed E-state index contributed by atoms with van der Waals surface area (Å²) in [5.41, 5.74) is -0.102. The van der Waals surface area contributed by atoms with Gasteiger partial charge in [0, 0.05) is 10.5 Å². The highest BCUT2D eigenvalue weighted by Crippen LogP contribution is 2.19. The van der Waals surface area contributed by atoms with Crippen molar-refractivity contribution in [3.8, 4) is 0 Å². The maximum atomic E-state index is 13.4. The Kier molecular flexibility index (Phi) is 5.27. The van der Waals surface area contributed by atoms with E-state index in [1.54, 1.807) is 6.07 Å². The number of hydrogen-bond donors (Lipinski definition) is 2. The summed E-state index contributed by atoms with van der Waals surface area (Å²) >= 11 is 3.09. The molecule has 1 aromatic carbocycles. The van der Waals surface area contributed by atoms with Crippen molar-refractivity contribution in [2.75, 3.05) is 6.54 Å². The minimum absolute atomic E-state index is 0.00500. The molecule has 0 unspecified atom stereocenters. The molecule has 0 aromatic heterocycles. The summed E-state index contributed by atoms with van der Waals surface area (Å²) in [4.78, 5) is 23.0. The summed E-state index contributed by atoms with van der Waals surface area (Å²) in [6.45, 7) is 3.44. The first kappa shape index (κ1) is 14.6. The molecule has 0 heterocycles. The van der Waals surface area contributed by atoms with Crippen LogP contribution in [0.2, 0.25) is 0 Å². The van der Waals surface area contributed by atoms with Crippen LogP contribution >= 0.6 is 15.9 Å². The Morgan fingerprint density at radius 2 is 2.06 bits per heavy atom. The average molecular weight is 317 g/mol. The molecule has 0 aliphatic rings. The Labute approximate surface area is 113 Å². The summed E-state index contributed by atoms with van der Waals surface area (Å²) in [6, 6.07) is 4.23. The Morgan fingerprint density at radius 1 is 1.39 bits per heavy atom. The van der Waals surface area contributed by atoms with Gasteiger partial charge in [-0.25, -0.2) is 4.39 Å². The van der Waals surface area contributed by atoms with Gasteiger partial charge in [0.2, 0.25) is 5.91 Å². The van der Waals surface area contributed by atoms with Gasteiger partial charge in [-0.15, -0.1) is 0 Å². The molecule has 0 radical (unpaired) electrons. The zero-order valence-electron chi connectivity index (χ0n) is 10.1. The predicted octanol–water partition coefficient (Wildman–Crippen LogP) is 1.84. The second-order valence-electron chi connectivity index (χ2n) is 4.00. The molecule has 4 nitrogen and oxygen atoms in total. The van der Waals surface area contributed by atoms with E-state index in [0.29, 0.717) is 4.47 Å². The molecule has 0 aliphatic carbocycles. The van der Waals surface area contributed by atoms with Crippen LogP contribution in [-0.2, 0) is 4.79 Å². The van der Waals surface area contributed by atoms with Gasteiger partial charge in [-0.2, -0.15) is 0 Å². The summed E-state index contributed by atoms with van der Waals surface area (Å²) in [5, 5.41) is 4.98. The highest BCUT2D eigenvalue weighted by Gasteiger charge is 2.16. The first-order chi connectivity index (χ1) is 8.41. The van der Waals surface area contributed by atoms with Gasteiger partial charge < -0.3 is 10.6 Å². The zero-order valence-corrected chi connectivity index (χ0v) is 11.7. The van der Waals surface area contributed by atoms with E-state index in [4.69, 9.17) is 0 Å². The summed E-state index contributed by atoms with van der Waals surface area (Å²) in [6.07, 6.45) is 0. The molecule has 0 bridgehead atoms. The Bertz CT molecular complexity index is 443. The molecule has 0 spiro atoms. The van der Waals surface area contributed by atoms with Gasteiger partial charge in [0.05, 0.1) is 12.1 Å². The maximum Gasteiger partial charge on any atom is 0.255 e. The van der Waals surface area contributed by atoms with Gasteiger partial charge in [0.1, 0.15) is 5.82 Å². The molecule has 2 N–H and O–H groups in total. The Morgan fingerprint density at radius 3 is 2.61 bits per heavy atom. The smallest absolute Gasteiger partial charge is 0.255 e. The van der Waals surface area contributed by atoms with Crippen molar-refractivity contribution < 1.29 is 14.0 Å². The number of halogens is 2. The summed E-state index contributed by atoms with van der Waals surface area (Å²) in [5.74, 6) is -1.57. The van der Waals surface area contributed by atoms with Gasteiger partial charge in [-0.05, 0) is 41.9 Å². The van der Waals surface area contributed by atoms with Crippen molar-refractivity contribution >= 4 is 27.7 Å². The molecular formula is C12H14BrFN2O2. The lowest BCUT2D eigenvalue weighted by Gasteiger charge is -2.10. The fourth-order valence-electron chi connectivity index (χ4n) is 1.34. The highest BCUT2D eigenvalue weighted by molar-refractivity contribution is 9.10. The van der Waals surface area contributed by atoms with Crippen LogP contribution in [0.15, 0.2) is 22.7 Å². The van der Waals surface area contributed by atoms with Crippen molar-refractivity contribution in [1.82, 2.24) is 10.6 Å². The van der Waals surface area contributed by atoms with Gasteiger partial charge in [-0.3, -0.25) is 9.59 Å². The third-order valence-electron chi connectivity index (χ3n) is 2.05. The monoisotopic (exact) mass is 316 g/mol. The molecule has 98 valence electrons. The van der Waals surface area contributed by atoms with E-state index in [1.165, 1.54) is 12.1 Å². The quantitative estimate of drug-likeness (QED) is 0.890. The molecular weight excluding hydrogens is 303 g/mol. The van der Waals surface area contributed by atoms with Crippen LogP contribution in [0.3, 0.4) is 0 Å². The molecule has 6 heteroatoms. The van der Waals surface area contributed by atoms with Crippen LogP contribution in [0, 0.1) is 5.82 Å². The molecule has 0 saturated heterocycles. The fraction of sp³-hybridized carbons (Fsp3) is 0.333. The first-order valence-electron chi connectivity index (χ1n) is 5.43. The minimum Gasteiger partial charge on any atom is -0.352 e. The van der Waals surface area contributed by atoms with Crippen LogP contribution in [0.5, 0.6) is 0 Å². The summed E-state index contributed by atoms with van der Waals surface area (Å²) in [7, 11) is 0. The van der Waals surface area contributed by atoms with Crippen LogP contribution in [0.4, 0.5) is 4.39 Å². The van der Waals surface area contributed by atoms with E-state index in [1.807, 2.05) is 13.8 Å². The van der Waals surface area contributed by atoms with Crippen LogP contribution in [-0.4, -0.2) is 24.4 Å². The lowest BCUT2D eigenvalue weighted by Crippen LogP contribution is -2.40. The van der Waals surface area contributed by atoms with Gasteiger partial charge in [0.25, 0.3) is 5.91 Å². The Balaban J connectivity index is 2.64. The number of benzene rings is 1. The number of carbonyl (C=O) groups excluding carboxylic acids is 2. The van der Waals surface area contributed by atoms with E-state index in [9.17, 15) is 14.0 Å². The van der Waals surface area contributed by atoms with Crippen LogP contribution in [0.1, 0.15) is 24.2 Å². The van der Waals surface area contributed by atoms with E-state index in [2.05, 4.69) is 26.6 Å². The number of nitrogens with one attached hydrogen (secondary N) is 2. The van der Waals surface area contributed by atoms with Crippen molar-refractivity contribution in [2.24, 2.45) is 0 Å². The molecule has 0 atom stereocenters.